The van der Waals surface area contributed by atoms with Gasteiger partial charge < -0.3 is 14.8 Å². The Morgan fingerprint density at radius 2 is 2.24 bits per heavy atom. The van der Waals surface area contributed by atoms with Gasteiger partial charge in [0.2, 0.25) is 0 Å². The molecule has 0 heterocycles. The normalized spacial score (nSPS) is 10.8. The molecule has 0 fully saturated rings. The van der Waals surface area contributed by atoms with Crippen LogP contribution in [0.5, 0.6) is 0 Å². The van der Waals surface area contributed by atoms with Gasteiger partial charge in [-0.05, 0) is 6.42 Å². The lowest BCUT2D eigenvalue weighted by Crippen LogP contribution is -2.42. The number of nitrogens with one attached hydrogen (secondary N) is 1. The van der Waals surface area contributed by atoms with Crippen LogP contribution >= 0.6 is 0 Å². The molecule has 0 spiro atoms. The maximum atomic E-state index is 11.5. The van der Waals surface area contributed by atoms with Crippen molar-refractivity contribution < 1.29 is 19.1 Å². The van der Waals surface area contributed by atoms with E-state index in [4.69, 9.17) is 11.2 Å². The van der Waals surface area contributed by atoms with Gasteiger partial charge in [0.25, 0.3) is 0 Å². The monoisotopic (exact) mass is 239 g/mol. The van der Waals surface area contributed by atoms with Gasteiger partial charge in [0, 0.05) is 6.42 Å². The first-order valence-corrected chi connectivity index (χ1v) is 5.30. The van der Waals surface area contributed by atoms with Crippen LogP contribution in [0.25, 0.3) is 0 Å². The first-order chi connectivity index (χ1) is 8.15. The molecule has 5 heteroatoms. The third-order valence-electron chi connectivity index (χ3n) is 1.68. The Kier molecular flexibility index (Phi) is 8.21. The molecule has 0 aliphatic heterocycles. The topological polar surface area (TPSA) is 64.6 Å². The predicted octanol–water partition coefficient (Wildman–Crippen LogP) is 1.24. The van der Waals surface area contributed by atoms with E-state index < -0.39 is 18.1 Å². The molecule has 1 atom stereocenters. The summed E-state index contributed by atoms with van der Waals surface area (Å²) in [5.74, 6) is 1.74. The number of terminal acetylenes is 1. The van der Waals surface area contributed by atoms with Gasteiger partial charge in [0.15, 0.2) is 0 Å². The van der Waals surface area contributed by atoms with E-state index in [2.05, 4.69) is 22.6 Å². The van der Waals surface area contributed by atoms with Gasteiger partial charge in [-0.2, -0.15) is 0 Å². The van der Waals surface area contributed by atoms with Gasteiger partial charge in [-0.3, -0.25) is 0 Å². The van der Waals surface area contributed by atoms with Crippen LogP contribution in [0.4, 0.5) is 4.79 Å². The summed E-state index contributed by atoms with van der Waals surface area (Å²) >= 11 is 0. The zero-order valence-electron chi connectivity index (χ0n) is 9.90. The maximum absolute atomic E-state index is 11.5. The number of carbonyl (C=O) groups excluding carboxylic acids is 2. The smallest absolute Gasteiger partial charge is 0.408 e. The van der Waals surface area contributed by atoms with Gasteiger partial charge in [-0.25, -0.2) is 9.59 Å². The molecule has 0 aromatic rings. The van der Waals surface area contributed by atoms with Gasteiger partial charge in [0.1, 0.15) is 12.6 Å². The standard InChI is InChI=1S/C12H17NO4/c1-4-7-10(11(14)16-8-5-2)13-12(15)17-9-6-3/h1,6,10H,3,5,7-9H2,2H3,(H,13,15). The molecule has 0 aliphatic carbocycles. The zero-order chi connectivity index (χ0) is 13.1. The molecule has 0 bridgehead atoms. The molecule has 0 saturated carbocycles. The van der Waals surface area contributed by atoms with Gasteiger partial charge in [-0.1, -0.05) is 19.6 Å². The third-order valence-corrected chi connectivity index (χ3v) is 1.68. The highest BCUT2D eigenvalue weighted by Crippen LogP contribution is 1.97. The molecule has 94 valence electrons. The Morgan fingerprint density at radius 3 is 2.76 bits per heavy atom. The Balaban J connectivity index is 4.22. The van der Waals surface area contributed by atoms with Gasteiger partial charge in [-0.15, -0.1) is 12.3 Å². The molecule has 5 nitrogen and oxygen atoms in total. The summed E-state index contributed by atoms with van der Waals surface area (Å²) < 4.78 is 9.56. The minimum Gasteiger partial charge on any atom is -0.464 e. The van der Waals surface area contributed by atoms with Crippen LogP contribution < -0.4 is 5.32 Å². The van der Waals surface area contributed by atoms with Crippen molar-refractivity contribution in [1.29, 1.82) is 0 Å². The van der Waals surface area contributed by atoms with Crippen molar-refractivity contribution in [3.05, 3.63) is 12.7 Å². The summed E-state index contributed by atoms with van der Waals surface area (Å²) in [5.41, 5.74) is 0. The number of carbonyl (C=O) groups is 2. The third kappa shape index (κ3) is 7.01. The van der Waals surface area contributed by atoms with E-state index >= 15 is 0 Å². The van der Waals surface area contributed by atoms with Gasteiger partial charge in [0.05, 0.1) is 6.61 Å². The Bertz CT molecular complexity index is 306. The second-order valence-corrected chi connectivity index (χ2v) is 3.16. The van der Waals surface area contributed by atoms with E-state index in [1.165, 1.54) is 6.08 Å². The average molecular weight is 239 g/mol. The largest absolute Gasteiger partial charge is 0.464 e. The molecular weight excluding hydrogens is 222 g/mol. The number of rotatable bonds is 7. The SMILES string of the molecule is C#CCC(NC(=O)OCC=C)C(=O)OCCC. The fourth-order valence-electron chi connectivity index (χ4n) is 0.933. The summed E-state index contributed by atoms with van der Waals surface area (Å²) in [4.78, 5) is 22.7. The Morgan fingerprint density at radius 1 is 1.53 bits per heavy atom. The molecular formula is C12H17NO4. The van der Waals surface area contributed by atoms with E-state index in [1.807, 2.05) is 6.92 Å². The average Bonchev–Trinajstić information content (AvgIpc) is 2.32. The van der Waals surface area contributed by atoms with Crippen molar-refractivity contribution in [1.82, 2.24) is 5.32 Å². The predicted molar refractivity (Wildman–Crippen MR) is 63.2 cm³/mol. The molecule has 0 aliphatic rings. The molecule has 0 rings (SSSR count). The quantitative estimate of drug-likeness (QED) is 0.412. The van der Waals surface area contributed by atoms with Crippen LogP contribution in [-0.4, -0.2) is 31.3 Å². The van der Waals surface area contributed by atoms with E-state index in [-0.39, 0.29) is 13.0 Å². The number of amides is 1. The fourth-order valence-corrected chi connectivity index (χ4v) is 0.933. The molecule has 1 amide bonds. The summed E-state index contributed by atoms with van der Waals surface area (Å²) in [6.07, 6.45) is 6.57. The van der Waals surface area contributed by atoms with Crippen molar-refractivity contribution >= 4 is 12.1 Å². The molecule has 1 N–H and O–H groups in total. The van der Waals surface area contributed by atoms with Crippen molar-refractivity contribution in [3.8, 4) is 12.3 Å². The van der Waals surface area contributed by atoms with Crippen LogP contribution in [-0.2, 0) is 14.3 Å². The molecule has 0 saturated heterocycles. The van der Waals surface area contributed by atoms with E-state index in [0.717, 1.165) is 0 Å². The molecule has 0 aromatic heterocycles. The van der Waals surface area contributed by atoms with Crippen LogP contribution in [0.2, 0.25) is 0 Å². The second-order valence-electron chi connectivity index (χ2n) is 3.16. The minimum atomic E-state index is -0.871. The van der Waals surface area contributed by atoms with Crippen molar-refractivity contribution in [2.75, 3.05) is 13.2 Å². The van der Waals surface area contributed by atoms with Gasteiger partial charge >= 0.3 is 12.1 Å². The Hall–Kier alpha value is -1.96. The number of ether oxygens (including phenoxy) is 2. The van der Waals surface area contributed by atoms with Crippen molar-refractivity contribution in [2.24, 2.45) is 0 Å². The highest BCUT2D eigenvalue weighted by atomic mass is 16.6. The van der Waals surface area contributed by atoms with Crippen LogP contribution in [0.3, 0.4) is 0 Å². The zero-order valence-corrected chi connectivity index (χ0v) is 9.90. The van der Waals surface area contributed by atoms with Crippen LogP contribution in [0.15, 0.2) is 12.7 Å². The fraction of sp³-hybridized carbons (Fsp3) is 0.500. The lowest BCUT2D eigenvalue weighted by molar-refractivity contribution is -0.145. The first-order valence-electron chi connectivity index (χ1n) is 5.30. The number of esters is 1. The second kappa shape index (κ2) is 9.28. The summed E-state index contributed by atoms with van der Waals surface area (Å²) in [7, 11) is 0. The number of hydrogen-bond donors (Lipinski definition) is 1. The highest BCUT2D eigenvalue weighted by Gasteiger charge is 2.21. The molecule has 0 radical (unpaired) electrons. The lowest BCUT2D eigenvalue weighted by atomic mass is 10.2. The number of hydrogen-bond acceptors (Lipinski definition) is 4. The molecule has 1 unspecified atom stereocenters. The van der Waals surface area contributed by atoms with E-state index in [0.29, 0.717) is 13.0 Å². The van der Waals surface area contributed by atoms with Crippen LogP contribution in [0, 0.1) is 12.3 Å². The lowest BCUT2D eigenvalue weighted by Gasteiger charge is -2.14. The van der Waals surface area contributed by atoms with E-state index in [1.54, 1.807) is 0 Å². The van der Waals surface area contributed by atoms with Crippen molar-refractivity contribution in [3.63, 3.8) is 0 Å². The number of alkyl carbamates (subject to hydrolysis) is 1. The molecule has 17 heavy (non-hydrogen) atoms. The highest BCUT2D eigenvalue weighted by molar-refractivity contribution is 5.81. The van der Waals surface area contributed by atoms with Crippen molar-refractivity contribution in [2.45, 2.75) is 25.8 Å². The summed E-state index contributed by atoms with van der Waals surface area (Å²) in [5, 5.41) is 2.34. The minimum absolute atomic E-state index is 0.0612. The maximum Gasteiger partial charge on any atom is 0.408 e. The first kappa shape index (κ1) is 15.0. The Labute approximate surface area is 101 Å². The summed E-state index contributed by atoms with van der Waals surface area (Å²) in [6.45, 7) is 5.63. The van der Waals surface area contributed by atoms with E-state index in [9.17, 15) is 9.59 Å². The molecule has 0 aromatic carbocycles. The summed E-state index contributed by atoms with van der Waals surface area (Å²) in [6, 6.07) is -0.871. The van der Waals surface area contributed by atoms with Crippen LogP contribution in [0.1, 0.15) is 19.8 Å².